The zero-order valence-corrected chi connectivity index (χ0v) is 8.98. The van der Waals surface area contributed by atoms with Crippen molar-refractivity contribution < 1.29 is 27.2 Å². The Bertz CT molecular complexity index is 270. The normalized spacial score (nSPS) is 16.1. The van der Waals surface area contributed by atoms with Crippen LogP contribution >= 0.6 is 0 Å². The highest BCUT2D eigenvalue weighted by Gasteiger charge is 1.97. The Hall–Kier alpha value is -0.760. The van der Waals surface area contributed by atoms with Crippen molar-refractivity contribution >= 4 is 16.4 Å². The molecule has 1 rings (SSSR count). The lowest BCUT2D eigenvalue weighted by Gasteiger charge is -1.85. The Morgan fingerprint density at radius 1 is 1.20 bits per heavy atom. The molecule has 88 valence electrons. The van der Waals surface area contributed by atoms with Gasteiger partial charge in [-0.05, 0) is 0 Å². The van der Waals surface area contributed by atoms with Crippen LogP contribution in [0.5, 0.6) is 0 Å². The molecule has 0 amide bonds. The first kappa shape index (κ1) is 14.2. The quantitative estimate of drug-likeness (QED) is 0.421. The molecule has 0 saturated carbocycles. The smallest absolute Gasteiger partial charge is 0.268 e. The van der Waals surface area contributed by atoms with E-state index in [0.29, 0.717) is 13.1 Å². The number of aldehydes is 1. The molecule has 0 aromatic carbocycles. The maximum absolute atomic E-state index is 10.0. The van der Waals surface area contributed by atoms with Crippen LogP contribution in [0, 0.1) is 0 Å². The highest BCUT2D eigenvalue weighted by Crippen LogP contribution is 1.86. The van der Waals surface area contributed by atoms with Gasteiger partial charge in [0.15, 0.2) is 0 Å². The highest BCUT2D eigenvalue weighted by atomic mass is 32.2. The molecule has 15 heavy (non-hydrogen) atoms. The summed E-state index contributed by atoms with van der Waals surface area (Å²) in [4.78, 5) is 9.67. The minimum absolute atomic E-state index is 0.176. The summed E-state index contributed by atoms with van der Waals surface area (Å²) in [5, 5.41) is 0. The summed E-state index contributed by atoms with van der Waals surface area (Å²) in [6.07, 6.45) is 3.42. The summed E-state index contributed by atoms with van der Waals surface area (Å²) >= 11 is 0. The molecule has 0 spiro atoms. The molecule has 0 aromatic rings. The fourth-order valence-electron chi connectivity index (χ4n) is 0.636. The molecular weight excluding hydrogens is 224 g/mol. The van der Waals surface area contributed by atoms with Gasteiger partial charge in [-0.25, -0.2) is 0 Å². The van der Waals surface area contributed by atoms with Crippen molar-refractivity contribution in [1.29, 1.82) is 0 Å². The number of hydrogen-bond donors (Lipinski definition) is 1. The van der Waals surface area contributed by atoms with Crippen LogP contribution in [0.2, 0.25) is 0 Å². The van der Waals surface area contributed by atoms with Crippen LogP contribution in [0.3, 0.4) is 0 Å². The second kappa shape index (κ2) is 8.54. The van der Waals surface area contributed by atoms with Crippen LogP contribution in [0.15, 0.2) is 12.2 Å². The van der Waals surface area contributed by atoms with E-state index in [1.165, 1.54) is 12.2 Å². The fourth-order valence-corrected chi connectivity index (χ4v) is 1.02. The third kappa shape index (κ3) is 13.2. The van der Waals surface area contributed by atoms with Crippen LogP contribution in [0.1, 0.15) is 6.42 Å². The standard InChI is InChI=1S/C5H8O4S.C3H6O2/c6-4-2-1-3-5-10(7,8)9;1-2-5-3-4-1/h1,3-4H,2,5H2,(H,7,8,9);1-3H2. The van der Waals surface area contributed by atoms with Crippen molar-refractivity contribution in [3.05, 3.63) is 12.2 Å². The van der Waals surface area contributed by atoms with Crippen LogP contribution in [0.25, 0.3) is 0 Å². The lowest BCUT2D eigenvalue weighted by atomic mass is 10.4. The van der Waals surface area contributed by atoms with Crippen molar-refractivity contribution in [2.45, 2.75) is 6.42 Å². The van der Waals surface area contributed by atoms with Crippen LogP contribution in [0.4, 0.5) is 0 Å². The van der Waals surface area contributed by atoms with Gasteiger partial charge in [0.1, 0.15) is 13.1 Å². The summed E-state index contributed by atoms with van der Waals surface area (Å²) in [5.74, 6) is -0.430. The van der Waals surface area contributed by atoms with Crippen LogP contribution in [-0.2, 0) is 24.4 Å². The number of allylic oxidation sites excluding steroid dienone is 1. The molecule has 7 heteroatoms. The Balaban J connectivity index is 0.000000322. The second-order valence-corrected chi connectivity index (χ2v) is 4.05. The Kier molecular flexibility index (Phi) is 8.11. The molecule has 0 atom stereocenters. The van der Waals surface area contributed by atoms with E-state index >= 15 is 0 Å². The van der Waals surface area contributed by atoms with E-state index in [1.807, 2.05) is 0 Å². The third-order valence-electron chi connectivity index (χ3n) is 1.24. The maximum atomic E-state index is 10.0. The lowest BCUT2D eigenvalue weighted by molar-refractivity contribution is -0.107. The lowest BCUT2D eigenvalue weighted by Crippen LogP contribution is -1.99. The van der Waals surface area contributed by atoms with Crippen molar-refractivity contribution in [1.82, 2.24) is 0 Å². The molecule has 0 aromatic heterocycles. The van der Waals surface area contributed by atoms with Crippen molar-refractivity contribution in [3.8, 4) is 0 Å². The summed E-state index contributed by atoms with van der Waals surface area (Å²) < 4.78 is 37.6. The van der Waals surface area contributed by atoms with Gasteiger partial charge in [-0.15, -0.1) is 0 Å². The zero-order valence-electron chi connectivity index (χ0n) is 8.16. The van der Waals surface area contributed by atoms with Crippen molar-refractivity contribution in [2.24, 2.45) is 0 Å². The molecule has 1 heterocycles. The average Bonchev–Trinajstić information content (AvgIpc) is 2.68. The summed E-state index contributed by atoms with van der Waals surface area (Å²) in [6.45, 7) is 2.06. The molecule has 1 N–H and O–H groups in total. The van der Waals surface area contributed by atoms with E-state index < -0.39 is 15.9 Å². The molecule has 0 radical (unpaired) electrons. The SMILES string of the molecule is C1COCO1.O=CCC=CCS(=O)(=O)O. The molecule has 1 aliphatic heterocycles. The summed E-state index contributed by atoms with van der Waals surface area (Å²) in [7, 11) is -3.91. The molecule has 1 saturated heterocycles. The average molecular weight is 238 g/mol. The molecule has 1 fully saturated rings. The molecular formula is C8H14O6S. The van der Waals surface area contributed by atoms with Crippen LogP contribution < -0.4 is 0 Å². The van der Waals surface area contributed by atoms with E-state index in [4.69, 9.17) is 14.0 Å². The highest BCUT2D eigenvalue weighted by molar-refractivity contribution is 7.85. The van der Waals surface area contributed by atoms with Gasteiger partial charge < -0.3 is 14.3 Å². The van der Waals surface area contributed by atoms with Gasteiger partial charge in [0, 0.05) is 6.42 Å². The van der Waals surface area contributed by atoms with Gasteiger partial charge in [-0.2, -0.15) is 8.42 Å². The van der Waals surface area contributed by atoms with Crippen LogP contribution in [-0.4, -0.2) is 45.0 Å². The van der Waals surface area contributed by atoms with Crippen molar-refractivity contribution in [3.63, 3.8) is 0 Å². The van der Waals surface area contributed by atoms with Gasteiger partial charge in [-0.3, -0.25) is 4.55 Å². The Labute approximate surface area is 88.6 Å². The monoisotopic (exact) mass is 238 g/mol. The van der Waals surface area contributed by atoms with Gasteiger partial charge in [0.25, 0.3) is 10.1 Å². The van der Waals surface area contributed by atoms with E-state index in [1.54, 1.807) is 0 Å². The largest absolute Gasteiger partial charge is 0.353 e. The van der Waals surface area contributed by atoms with Gasteiger partial charge in [0.05, 0.1) is 19.0 Å². The minimum Gasteiger partial charge on any atom is -0.353 e. The number of carbonyl (C=O) groups excluding carboxylic acids is 1. The maximum Gasteiger partial charge on any atom is 0.268 e. The number of rotatable bonds is 4. The first-order chi connectivity index (χ1) is 7.06. The molecule has 0 aliphatic carbocycles. The molecule has 0 bridgehead atoms. The first-order valence-electron chi connectivity index (χ1n) is 4.25. The van der Waals surface area contributed by atoms with Crippen molar-refractivity contribution in [2.75, 3.05) is 25.8 Å². The second-order valence-electron chi connectivity index (χ2n) is 2.56. The predicted molar refractivity (Wildman–Crippen MR) is 53.0 cm³/mol. The van der Waals surface area contributed by atoms with E-state index in [9.17, 15) is 13.2 Å². The number of hydrogen-bond acceptors (Lipinski definition) is 5. The number of ether oxygens (including phenoxy) is 2. The predicted octanol–water partition coefficient (Wildman–Crippen LogP) is 0.0101. The summed E-state index contributed by atoms with van der Waals surface area (Å²) in [5.41, 5.74) is 0. The first-order valence-corrected chi connectivity index (χ1v) is 5.86. The van der Waals surface area contributed by atoms with E-state index in [2.05, 4.69) is 0 Å². The van der Waals surface area contributed by atoms with Gasteiger partial charge in [0.2, 0.25) is 0 Å². The summed E-state index contributed by atoms with van der Waals surface area (Å²) in [6, 6.07) is 0. The zero-order chi connectivity index (χ0) is 11.6. The van der Waals surface area contributed by atoms with Gasteiger partial charge >= 0.3 is 0 Å². The topological polar surface area (TPSA) is 89.9 Å². The molecule has 0 unspecified atom stereocenters. The Morgan fingerprint density at radius 3 is 2.13 bits per heavy atom. The third-order valence-corrected chi connectivity index (χ3v) is 1.86. The molecule has 6 nitrogen and oxygen atoms in total. The Morgan fingerprint density at radius 2 is 1.80 bits per heavy atom. The fraction of sp³-hybridized carbons (Fsp3) is 0.625. The minimum atomic E-state index is -3.91. The van der Waals surface area contributed by atoms with E-state index in [-0.39, 0.29) is 6.42 Å². The molecule has 1 aliphatic rings. The number of carbonyl (C=O) groups is 1. The van der Waals surface area contributed by atoms with Gasteiger partial charge in [-0.1, -0.05) is 12.2 Å². The van der Waals surface area contributed by atoms with E-state index in [0.717, 1.165) is 13.2 Å².